The van der Waals surface area contributed by atoms with Crippen LogP contribution in [-0.4, -0.2) is 9.13 Å². The van der Waals surface area contributed by atoms with Gasteiger partial charge in [0.25, 0.3) is 0 Å². The molecule has 112 valence electrons. The number of benzene rings is 2. The van der Waals surface area contributed by atoms with Crippen LogP contribution in [0.2, 0.25) is 15.1 Å². The molecule has 0 aliphatic rings. The summed E-state index contributed by atoms with van der Waals surface area (Å²) in [6.45, 7) is 0. The molecule has 0 fully saturated rings. The van der Waals surface area contributed by atoms with Crippen molar-refractivity contribution in [3.63, 3.8) is 0 Å². The molecule has 0 saturated heterocycles. The number of thiol groups is 1. The van der Waals surface area contributed by atoms with E-state index >= 15 is 0 Å². The van der Waals surface area contributed by atoms with Gasteiger partial charge < -0.3 is 0 Å². The Hall–Kier alpha value is -1.33. The number of aromatic nitrogens is 2. The molecule has 0 unspecified atom stereocenters. The molecule has 3 aromatic rings. The minimum absolute atomic E-state index is 0.259. The van der Waals surface area contributed by atoms with Crippen LogP contribution in [0.3, 0.4) is 0 Å². The lowest BCUT2D eigenvalue weighted by atomic mass is 10.3. The zero-order chi connectivity index (χ0) is 15.9. The van der Waals surface area contributed by atoms with E-state index in [-0.39, 0.29) is 5.69 Å². The normalized spacial score (nSPS) is 10.9. The first-order chi connectivity index (χ1) is 10.5. The Morgan fingerprint density at radius 3 is 2.14 bits per heavy atom. The van der Waals surface area contributed by atoms with Gasteiger partial charge in [-0.2, -0.15) is 0 Å². The second-order valence-electron chi connectivity index (χ2n) is 4.55. The van der Waals surface area contributed by atoms with Crippen molar-refractivity contribution in [1.29, 1.82) is 0 Å². The van der Waals surface area contributed by atoms with Crippen LogP contribution >= 0.6 is 47.4 Å². The molecule has 3 rings (SSSR count). The van der Waals surface area contributed by atoms with Gasteiger partial charge in [-0.1, -0.05) is 34.8 Å². The third-order valence-electron chi connectivity index (χ3n) is 3.14. The second kappa shape index (κ2) is 6.05. The first kappa shape index (κ1) is 15.6. The molecular formula is C15H9Cl3N2OS. The summed E-state index contributed by atoms with van der Waals surface area (Å²) < 4.78 is 2.93. The Labute approximate surface area is 147 Å². The largest absolute Gasteiger partial charge is 0.338 e. The van der Waals surface area contributed by atoms with Gasteiger partial charge in [-0.25, -0.2) is 4.79 Å². The molecule has 0 aliphatic heterocycles. The number of rotatable bonds is 2. The van der Waals surface area contributed by atoms with Crippen molar-refractivity contribution in [2.45, 2.75) is 5.03 Å². The number of hydrogen-bond donors (Lipinski definition) is 1. The van der Waals surface area contributed by atoms with Gasteiger partial charge in [0.05, 0.1) is 26.4 Å². The number of hydrogen-bond acceptors (Lipinski definition) is 2. The van der Waals surface area contributed by atoms with Crippen LogP contribution in [0.15, 0.2) is 58.5 Å². The summed E-state index contributed by atoms with van der Waals surface area (Å²) in [5.41, 5.74) is 1.03. The highest BCUT2D eigenvalue weighted by Crippen LogP contribution is 2.25. The topological polar surface area (TPSA) is 26.9 Å². The van der Waals surface area contributed by atoms with Gasteiger partial charge in [-0.15, -0.1) is 12.6 Å². The summed E-state index contributed by atoms with van der Waals surface area (Å²) in [5, 5.41) is 1.89. The molecule has 7 heteroatoms. The van der Waals surface area contributed by atoms with Crippen LogP contribution in [0.1, 0.15) is 0 Å². The standard InChI is InChI=1S/C15H9Cl3N2OS/c16-9-1-3-10(4-2-9)19-8-14(22)20(15(19)21)11-5-6-12(17)13(18)7-11/h1-8,22H. The summed E-state index contributed by atoms with van der Waals surface area (Å²) in [6.07, 6.45) is 1.64. The molecule has 0 radical (unpaired) electrons. The van der Waals surface area contributed by atoms with Crippen molar-refractivity contribution in [2.24, 2.45) is 0 Å². The van der Waals surface area contributed by atoms with Crippen molar-refractivity contribution < 1.29 is 0 Å². The van der Waals surface area contributed by atoms with Crippen LogP contribution in [0, 0.1) is 0 Å². The summed E-state index contributed by atoms with van der Waals surface area (Å²) in [7, 11) is 0. The third kappa shape index (κ3) is 2.79. The van der Waals surface area contributed by atoms with Gasteiger partial charge in [0.1, 0.15) is 0 Å². The molecule has 22 heavy (non-hydrogen) atoms. The van der Waals surface area contributed by atoms with Crippen molar-refractivity contribution in [3.05, 3.63) is 74.2 Å². The fourth-order valence-electron chi connectivity index (χ4n) is 2.09. The van der Waals surface area contributed by atoms with E-state index in [1.807, 2.05) is 0 Å². The van der Waals surface area contributed by atoms with E-state index in [1.54, 1.807) is 48.7 Å². The van der Waals surface area contributed by atoms with Crippen LogP contribution in [-0.2, 0) is 0 Å². The Bertz CT molecular complexity index is 900. The molecule has 1 heterocycles. The average Bonchev–Trinajstić information content (AvgIpc) is 2.78. The Kier molecular flexibility index (Phi) is 4.28. The van der Waals surface area contributed by atoms with E-state index in [2.05, 4.69) is 12.6 Å². The summed E-state index contributed by atoms with van der Waals surface area (Å²) in [6, 6.07) is 11.9. The molecule has 0 amide bonds. The van der Waals surface area contributed by atoms with Crippen LogP contribution in [0.4, 0.5) is 0 Å². The van der Waals surface area contributed by atoms with E-state index in [1.165, 1.54) is 9.13 Å². The summed E-state index contributed by atoms with van der Waals surface area (Å²) in [4.78, 5) is 12.6. The lowest BCUT2D eigenvalue weighted by Crippen LogP contribution is -2.22. The van der Waals surface area contributed by atoms with Crippen LogP contribution in [0.5, 0.6) is 0 Å². The van der Waals surface area contributed by atoms with E-state index < -0.39 is 0 Å². The third-order valence-corrected chi connectivity index (χ3v) is 4.44. The second-order valence-corrected chi connectivity index (χ2v) is 6.26. The Morgan fingerprint density at radius 2 is 1.50 bits per heavy atom. The van der Waals surface area contributed by atoms with Crippen molar-refractivity contribution in [1.82, 2.24) is 9.13 Å². The van der Waals surface area contributed by atoms with Gasteiger partial charge in [0, 0.05) is 11.2 Å². The predicted molar refractivity (Wildman–Crippen MR) is 93.6 cm³/mol. The average molecular weight is 372 g/mol. The number of halogens is 3. The lowest BCUT2D eigenvalue weighted by molar-refractivity contribution is 0.874. The smallest absolute Gasteiger partial charge is 0.266 e. The molecule has 3 nitrogen and oxygen atoms in total. The fraction of sp³-hybridized carbons (Fsp3) is 0. The molecule has 0 N–H and O–H groups in total. The quantitative estimate of drug-likeness (QED) is 0.639. The van der Waals surface area contributed by atoms with Gasteiger partial charge in [0.2, 0.25) is 0 Å². The van der Waals surface area contributed by atoms with Crippen molar-refractivity contribution in [2.75, 3.05) is 0 Å². The minimum atomic E-state index is -0.259. The maximum absolute atomic E-state index is 12.6. The van der Waals surface area contributed by atoms with Gasteiger partial charge in [0.15, 0.2) is 0 Å². The zero-order valence-corrected chi connectivity index (χ0v) is 14.2. The first-order valence-corrected chi connectivity index (χ1v) is 7.80. The molecular weight excluding hydrogens is 363 g/mol. The molecule has 0 atom stereocenters. The molecule has 0 spiro atoms. The highest BCUT2D eigenvalue weighted by atomic mass is 35.5. The van der Waals surface area contributed by atoms with Crippen LogP contribution < -0.4 is 5.69 Å². The summed E-state index contributed by atoms with van der Waals surface area (Å²) >= 11 is 22.2. The first-order valence-electron chi connectivity index (χ1n) is 6.22. The fourth-order valence-corrected chi connectivity index (χ4v) is 2.82. The number of imidazole rings is 1. The zero-order valence-electron chi connectivity index (χ0n) is 11.0. The Balaban J connectivity index is 2.16. The number of nitrogens with zero attached hydrogens (tertiary/aromatic N) is 2. The monoisotopic (exact) mass is 370 g/mol. The minimum Gasteiger partial charge on any atom is -0.266 e. The van der Waals surface area contributed by atoms with E-state index in [0.29, 0.717) is 31.5 Å². The van der Waals surface area contributed by atoms with Gasteiger partial charge in [-0.05, 0) is 42.5 Å². The molecule has 2 aromatic carbocycles. The lowest BCUT2D eigenvalue weighted by Gasteiger charge is -2.05. The van der Waals surface area contributed by atoms with Gasteiger partial charge in [-0.3, -0.25) is 9.13 Å². The van der Waals surface area contributed by atoms with E-state index in [0.717, 1.165) is 0 Å². The molecule has 0 aliphatic carbocycles. The van der Waals surface area contributed by atoms with Gasteiger partial charge >= 0.3 is 5.69 Å². The SMILES string of the molecule is O=c1n(-c2ccc(Cl)cc2)cc(S)n1-c1ccc(Cl)c(Cl)c1. The highest BCUT2D eigenvalue weighted by Gasteiger charge is 2.13. The highest BCUT2D eigenvalue weighted by molar-refractivity contribution is 7.80. The maximum Gasteiger partial charge on any atom is 0.338 e. The molecule has 0 saturated carbocycles. The Morgan fingerprint density at radius 1 is 0.864 bits per heavy atom. The predicted octanol–water partition coefficient (Wildman–Crippen LogP) is 4.88. The van der Waals surface area contributed by atoms with Crippen molar-refractivity contribution in [3.8, 4) is 11.4 Å². The van der Waals surface area contributed by atoms with Crippen molar-refractivity contribution >= 4 is 47.4 Å². The van der Waals surface area contributed by atoms with E-state index in [9.17, 15) is 4.79 Å². The summed E-state index contributed by atoms with van der Waals surface area (Å²) in [5.74, 6) is 0. The molecule has 1 aromatic heterocycles. The molecule has 0 bridgehead atoms. The van der Waals surface area contributed by atoms with Crippen LogP contribution in [0.25, 0.3) is 11.4 Å². The van der Waals surface area contributed by atoms with E-state index in [4.69, 9.17) is 34.8 Å². The maximum atomic E-state index is 12.6.